The van der Waals surface area contributed by atoms with Crippen LogP contribution in [-0.4, -0.2) is 10.7 Å². The first-order valence-corrected chi connectivity index (χ1v) is 11.0. The third-order valence-electron chi connectivity index (χ3n) is 8.95. The van der Waals surface area contributed by atoms with E-state index in [-0.39, 0.29) is 0 Å². The van der Waals surface area contributed by atoms with E-state index in [1.807, 2.05) is 0 Å². The van der Waals surface area contributed by atoms with Gasteiger partial charge in [0.2, 0.25) is 0 Å². The molecule has 0 radical (unpaired) electrons. The van der Waals surface area contributed by atoms with Gasteiger partial charge in [-0.2, -0.15) is 0 Å². The van der Waals surface area contributed by atoms with Crippen LogP contribution in [-0.2, 0) is 0 Å². The molecule has 0 spiro atoms. The van der Waals surface area contributed by atoms with Gasteiger partial charge in [0, 0.05) is 0 Å². The molecule has 26 heavy (non-hydrogen) atoms. The van der Waals surface area contributed by atoms with Crippen molar-refractivity contribution in [3.63, 3.8) is 0 Å². The van der Waals surface area contributed by atoms with E-state index < -0.39 is 5.60 Å². The summed E-state index contributed by atoms with van der Waals surface area (Å²) in [7, 11) is 0. The predicted octanol–water partition coefficient (Wildman–Crippen LogP) is 6.30. The quantitative estimate of drug-likeness (QED) is 0.616. The van der Waals surface area contributed by atoms with Crippen molar-refractivity contribution >= 4 is 0 Å². The Kier molecular flexibility index (Phi) is 4.54. The summed E-state index contributed by atoms with van der Waals surface area (Å²) in [5.41, 5.74) is 2.41. The summed E-state index contributed by atoms with van der Waals surface area (Å²) in [6.07, 6.45) is 15.6. The average molecular weight is 355 g/mol. The highest BCUT2D eigenvalue weighted by Gasteiger charge is 2.61. The molecule has 0 aliphatic heterocycles. The number of hydrogen-bond acceptors (Lipinski definition) is 1. The Morgan fingerprint density at radius 1 is 1.15 bits per heavy atom. The summed E-state index contributed by atoms with van der Waals surface area (Å²) < 4.78 is 0. The summed E-state index contributed by atoms with van der Waals surface area (Å²) in [4.78, 5) is 0. The van der Waals surface area contributed by atoms with Crippen molar-refractivity contribution in [2.45, 2.75) is 78.2 Å². The first-order chi connectivity index (χ1) is 12.3. The Morgan fingerprint density at radius 3 is 2.62 bits per heavy atom. The molecule has 4 aliphatic rings. The monoisotopic (exact) mass is 354 g/mol. The van der Waals surface area contributed by atoms with Gasteiger partial charge in [0.25, 0.3) is 0 Å². The van der Waals surface area contributed by atoms with Gasteiger partial charge >= 0.3 is 0 Å². The van der Waals surface area contributed by atoms with Crippen LogP contribution in [0.3, 0.4) is 0 Å². The highest BCUT2D eigenvalue weighted by atomic mass is 16.3. The maximum atomic E-state index is 12.1. The molecule has 0 saturated heterocycles. The summed E-state index contributed by atoms with van der Waals surface area (Å²) in [5.74, 6) is 3.73. The van der Waals surface area contributed by atoms with Crippen LogP contribution in [0.4, 0.5) is 0 Å². The van der Waals surface area contributed by atoms with Crippen LogP contribution in [0.1, 0.15) is 72.6 Å². The second-order valence-electron chi connectivity index (χ2n) is 10.6. The van der Waals surface area contributed by atoms with Gasteiger partial charge in [-0.25, -0.2) is 0 Å². The van der Waals surface area contributed by atoms with E-state index in [1.54, 1.807) is 0 Å². The number of rotatable bonds is 2. The highest BCUT2D eigenvalue weighted by molar-refractivity contribution is 5.40. The largest absolute Gasteiger partial charge is 0.389 e. The molecule has 7 atom stereocenters. The van der Waals surface area contributed by atoms with Gasteiger partial charge < -0.3 is 5.11 Å². The van der Waals surface area contributed by atoms with E-state index in [4.69, 9.17) is 0 Å². The van der Waals surface area contributed by atoms with E-state index in [2.05, 4.69) is 52.5 Å². The molecule has 0 heterocycles. The maximum absolute atomic E-state index is 12.1. The van der Waals surface area contributed by atoms with E-state index in [0.29, 0.717) is 29.1 Å². The fourth-order valence-corrected chi connectivity index (χ4v) is 7.60. The first-order valence-electron chi connectivity index (χ1n) is 11.0. The van der Waals surface area contributed by atoms with Crippen molar-refractivity contribution < 1.29 is 5.11 Å². The molecule has 0 aromatic carbocycles. The lowest BCUT2D eigenvalue weighted by atomic mass is 9.53. The fraction of sp³-hybridized carbons (Fsp3) is 0.760. The second kappa shape index (κ2) is 6.36. The van der Waals surface area contributed by atoms with Gasteiger partial charge in [-0.1, -0.05) is 51.2 Å². The van der Waals surface area contributed by atoms with E-state index in [9.17, 15) is 5.11 Å². The summed E-state index contributed by atoms with van der Waals surface area (Å²) in [6.45, 7) is 13.6. The SMILES string of the molecule is C=C(C)C1=CC2CC3CCC4(C)C(C(C)C)CCC4C3(O)CCC2C=C1. The van der Waals surface area contributed by atoms with Crippen molar-refractivity contribution in [3.05, 3.63) is 36.0 Å². The molecule has 3 fully saturated rings. The van der Waals surface area contributed by atoms with E-state index >= 15 is 0 Å². The van der Waals surface area contributed by atoms with Gasteiger partial charge in [-0.3, -0.25) is 0 Å². The lowest BCUT2D eigenvalue weighted by Crippen LogP contribution is -2.54. The summed E-state index contributed by atoms with van der Waals surface area (Å²) in [6, 6.07) is 0. The first kappa shape index (κ1) is 18.5. The van der Waals surface area contributed by atoms with E-state index in [0.717, 1.165) is 24.7 Å². The van der Waals surface area contributed by atoms with Crippen LogP contribution >= 0.6 is 0 Å². The smallest absolute Gasteiger partial charge is 0.0709 e. The van der Waals surface area contributed by atoms with Crippen LogP contribution < -0.4 is 0 Å². The van der Waals surface area contributed by atoms with Gasteiger partial charge in [0.15, 0.2) is 0 Å². The number of allylic oxidation sites excluding steroid dienone is 5. The standard InChI is InChI=1S/C25H38O/c1-16(2)19-7-6-18-10-13-25(26)21(15-20(18)14-19)11-12-24(5)22(17(3)4)8-9-23(24)25/h6-7,14,17-18,20-23,26H,1,8-13,15H2,2-5H3. The van der Waals surface area contributed by atoms with Crippen LogP contribution in [0.25, 0.3) is 0 Å². The molecule has 1 N–H and O–H groups in total. The minimum Gasteiger partial charge on any atom is -0.389 e. The molecule has 0 bridgehead atoms. The highest BCUT2D eigenvalue weighted by Crippen LogP contribution is 2.64. The molecule has 3 saturated carbocycles. The van der Waals surface area contributed by atoms with Crippen molar-refractivity contribution in [1.29, 1.82) is 0 Å². The molecule has 4 rings (SSSR count). The third-order valence-corrected chi connectivity index (χ3v) is 8.95. The molecular weight excluding hydrogens is 316 g/mol. The van der Waals surface area contributed by atoms with Crippen molar-refractivity contribution in [2.24, 2.45) is 40.9 Å². The van der Waals surface area contributed by atoms with Crippen LogP contribution in [0.15, 0.2) is 36.0 Å². The predicted molar refractivity (Wildman–Crippen MR) is 110 cm³/mol. The second-order valence-corrected chi connectivity index (χ2v) is 10.6. The number of aliphatic hydroxyl groups is 1. The Hall–Kier alpha value is -0.820. The van der Waals surface area contributed by atoms with Gasteiger partial charge in [0.1, 0.15) is 0 Å². The molecular formula is C25H38O. The van der Waals surface area contributed by atoms with Crippen molar-refractivity contribution in [2.75, 3.05) is 0 Å². The Bertz CT molecular complexity index is 641. The minimum atomic E-state index is -0.432. The molecule has 7 unspecified atom stereocenters. The van der Waals surface area contributed by atoms with E-state index in [1.165, 1.54) is 43.3 Å². The van der Waals surface area contributed by atoms with Crippen LogP contribution in [0, 0.1) is 40.9 Å². The molecule has 0 aromatic heterocycles. The van der Waals surface area contributed by atoms with Crippen molar-refractivity contribution in [3.8, 4) is 0 Å². The van der Waals surface area contributed by atoms with Crippen LogP contribution in [0.2, 0.25) is 0 Å². The average Bonchev–Trinajstić information content (AvgIpc) is 2.87. The number of hydrogen-bond donors (Lipinski definition) is 1. The molecule has 4 aliphatic carbocycles. The fourth-order valence-electron chi connectivity index (χ4n) is 7.60. The van der Waals surface area contributed by atoms with Gasteiger partial charge in [-0.05, 0) is 98.4 Å². The maximum Gasteiger partial charge on any atom is 0.0709 e. The van der Waals surface area contributed by atoms with Crippen molar-refractivity contribution in [1.82, 2.24) is 0 Å². The zero-order valence-corrected chi connectivity index (χ0v) is 17.3. The normalized spacial score (nSPS) is 47.6. The minimum absolute atomic E-state index is 0.351. The van der Waals surface area contributed by atoms with Gasteiger partial charge in [-0.15, -0.1) is 0 Å². The Labute approximate surface area is 160 Å². The lowest BCUT2D eigenvalue weighted by Gasteiger charge is -2.54. The molecule has 0 aromatic rings. The lowest BCUT2D eigenvalue weighted by molar-refractivity contribution is -0.150. The molecule has 1 heteroatoms. The van der Waals surface area contributed by atoms with Gasteiger partial charge in [0.05, 0.1) is 5.60 Å². The summed E-state index contributed by atoms with van der Waals surface area (Å²) in [5, 5.41) is 12.1. The zero-order valence-electron chi connectivity index (χ0n) is 17.3. The number of fused-ring (bicyclic) bond motifs is 4. The Morgan fingerprint density at radius 2 is 1.92 bits per heavy atom. The molecule has 0 amide bonds. The third kappa shape index (κ3) is 2.68. The zero-order chi connectivity index (χ0) is 18.7. The molecule has 1 nitrogen and oxygen atoms in total. The van der Waals surface area contributed by atoms with Crippen LogP contribution in [0.5, 0.6) is 0 Å². The molecule has 144 valence electrons. The topological polar surface area (TPSA) is 20.2 Å². The Balaban J connectivity index is 1.63. The summed E-state index contributed by atoms with van der Waals surface area (Å²) >= 11 is 0.